The molecule has 0 fully saturated rings. The van der Waals surface area contributed by atoms with Gasteiger partial charge in [-0.3, -0.25) is 14.4 Å². The van der Waals surface area contributed by atoms with Gasteiger partial charge in [-0.25, -0.2) is 0 Å². The number of rotatable bonds is 58. The summed E-state index contributed by atoms with van der Waals surface area (Å²) in [4.78, 5) is 38.3. The summed E-state index contributed by atoms with van der Waals surface area (Å²) >= 11 is 0. The Morgan fingerprint density at radius 1 is 0.280 bits per heavy atom. The van der Waals surface area contributed by atoms with E-state index in [-0.39, 0.29) is 31.1 Å². The van der Waals surface area contributed by atoms with Gasteiger partial charge < -0.3 is 14.2 Å². The minimum absolute atomic E-state index is 0.0819. The van der Waals surface area contributed by atoms with E-state index in [1.165, 1.54) is 161 Å². The number of hydrogen-bond acceptors (Lipinski definition) is 6. The third-order valence-corrected chi connectivity index (χ3v) is 13.9. The Balaban J connectivity index is 4.40. The third kappa shape index (κ3) is 61.3. The van der Waals surface area contributed by atoms with Crippen LogP contribution < -0.4 is 0 Å². The summed E-state index contributed by atoms with van der Waals surface area (Å²) in [7, 11) is 0. The van der Waals surface area contributed by atoms with Crippen LogP contribution in [-0.2, 0) is 28.6 Å². The van der Waals surface area contributed by atoms with Crippen molar-refractivity contribution < 1.29 is 28.6 Å². The summed E-state index contributed by atoms with van der Waals surface area (Å²) < 4.78 is 16.9. The van der Waals surface area contributed by atoms with Crippen molar-refractivity contribution in [1.82, 2.24) is 0 Å². The number of ether oxygens (including phenoxy) is 3. The van der Waals surface area contributed by atoms with Crippen molar-refractivity contribution in [3.8, 4) is 0 Å². The van der Waals surface area contributed by atoms with Crippen LogP contribution in [0.5, 0.6) is 0 Å². The normalized spacial score (nSPS) is 12.6. The summed E-state index contributed by atoms with van der Waals surface area (Å²) in [5.41, 5.74) is 0. The molecule has 0 heterocycles. The monoisotopic (exact) mass is 1040 g/mol. The molecule has 1 unspecified atom stereocenters. The van der Waals surface area contributed by atoms with E-state index in [4.69, 9.17) is 14.2 Å². The second-order valence-corrected chi connectivity index (χ2v) is 21.3. The maximum atomic E-state index is 12.9. The zero-order valence-electron chi connectivity index (χ0n) is 49.6. The molecule has 432 valence electrons. The Kier molecular flexibility index (Phi) is 60.3. The number of carbonyl (C=O) groups excluding carboxylic acids is 3. The zero-order valence-corrected chi connectivity index (χ0v) is 49.6. The van der Waals surface area contributed by atoms with Crippen molar-refractivity contribution >= 4 is 17.9 Å². The summed E-state index contributed by atoms with van der Waals surface area (Å²) in [6.45, 7) is 6.54. The van der Waals surface area contributed by atoms with Gasteiger partial charge in [0.1, 0.15) is 13.2 Å². The molecule has 0 aromatic carbocycles. The lowest BCUT2D eigenvalue weighted by Gasteiger charge is -2.18. The van der Waals surface area contributed by atoms with Crippen LogP contribution in [0, 0.1) is 0 Å². The molecule has 0 aliphatic heterocycles. The van der Waals surface area contributed by atoms with Crippen molar-refractivity contribution in [2.45, 2.75) is 322 Å². The largest absolute Gasteiger partial charge is 0.462 e. The highest BCUT2D eigenvalue weighted by atomic mass is 16.6. The topological polar surface area (TPSA) is 78.9 Å². The Bertz CT molecular complexity index is 1430. The molecule has 0 N–H and O–H groups in total. The molecule has 1 atom stereocenters. The van der Waals surface area contributed by atoms with E-state index in [1.807, 2.05) is 0 Å². The minimum atomic E-state index is -0.787. The van der Waals surface area contributed by atoms with Crippen molar-refractivity contribution in [3.63, 3.8) is 0 Å². The molecule has 6 nitrogen and oxygen atoms in total. The van der Waals surface area contributed by atoms with Gasteiger partial charge in [0.15, 0.2) is 6.10 Å². The number of esters is 3. The predicted octanol–water partition coefficient (Wildman–Crippen LogP) is 21.9. The molecule has 0 saturated carbocycles. The van der Waals surface area contributed by atoms with Crippen molar-refractivity contribution in [2.24, 2.45) is 0 Å². The first-order valence-corrected chi connectivity index (χ1v) is 32.1. The smallest absolute Gasteiger partial charge is 0.306 e. The Morgan fingerprint density at radius 2 is 0.520 bits per heavy atom. The van der Waals surface area contributed by atoms with Crippen molar-refractivity contribution in [1.29, 1.82) is 0 Å². The molecule has 0 spiro atoms. The first-order chi connectivity index (χ1) is 37.0. The fraction of sp³-hybridized carbons (Fsp3) is 0.754. The van der Waals surface area contributed by atoms with Crippen LogP contribution in [0.1, 0.15) is 316 Å². The average molecular weight is 1050 g/mol. The van der Waals surface area contributed by atoms with Gasteiger partial charge in [0, 0.05) is 19.3 Å². The van der Waals surface area contributed by atoms with Gasteiger partial charge in [-0.2, -0.15) is 0 Å². The van der Waals surface area contributed by atoms with Gasteiger partial charge >= 0.3 is 17.9 Å². The first-order valence-electron chi connectivity index (χ1n) is 32.1. The molecule has 0 saturated heterocycles. The van der Waals surface area contributed by atoms with Gasteiger partial charge in [-0.05, 0) is 96.3 Å². The van der Waals surface area contributed by atoms with E-state index in [0.717, 1.165) is 116 Å². The van der Waals surface area contributed by atoms with Gasteiger partial charge in [-0.15, -0.1) is 0 Å². The molecular weight excluding hydrogens is 925 g/mol. The standard InChI is InChI=1S/C69H120O6/c1-4-7-10-13-16-19-22-25-28-30-32-34-36-38-41-44-47-50-53-56-59-62-68(71)74-65-66(64-73-67(70)61-58-55-52-49-46-43-40-27-24-21-18-15-12-9-6-3)75-69(72)63-60-57-54-51-48-45-42-39-37-35-33-31-29-26-23-20-17-14-11-8-5-2/h7,10,16,19,23,25-26,28,31-34,37,39,66H,4-6,8-9,11-15,17-18,20-22,24,27,29-30,35-36,38,40-65H2,1-3H3/b10-7-,19-16-,26-23-,28-25-,33-31-,34-32-,39-37-. The summed E-state index contributed by atoms with van der Waals surface area (Å²) in [6, 6.07) is 0. The highest BCUT2D eigenvalue weighted by Crippen LogP contribution is 2.16. The maximum absolute atomic E-state index is 12.9. The highest BCUT2D eigenvalue weighted by Gasteiger charge is 2.19. The van der Waals surface area contributed by atoms with Crippen LogP contribution >= 0.6 is 0 Å². The molecule has 0 aliphatic rings. The summed E-state index contributed by atoms with van der Waals surface area (Å²) in [6.07, 6.45) is 82.9. The first kappa shape index (κ1) is 71.6. The van der Waals surface area contributed by atoms with E-state index < -0.39 is 6.10 Å². The molecule has 0 rings (SSSR count). The summed E-state index contributed by atoms with van der Waals surface area (Å²) in [5, 5.41) is 0. The van der Waals surface area contributed by atoms with Crippen LogP contribution in [0.25, 0.3) is 0 Å². The maximum Gasteiger partial charge on any atom is 0.306 e. The van der Waals surface area contributed by atoms with E-state index in [2.05, 4.69) is 106 Å². The molecule has 0 bridgehead atoms. The second-order valence-electron chi connectivity index (χ2n) is 21.3. The van der Waals surface area contributed by atoms with Crippen LogP contribution in [0.3, 0.4) is 0 Å². The number of carbonyl (C=O) groups is 3. The molecule has 0 radical (unpaired) electrons. The third-order valence-electron chi connectivity index (χ3n) is 13.9. The average Bonchev–Trinajstić information content (AvgIpc) is 3.41. The molecule has 75 heavy (non-hydrogen) atoms. The van der Waals surface area contributed by atoms with Crippen LogP contribution in [0.2, 0.25) is 0 Å². The van der Waals surface area contributed by atoms with Gasteiger partial charge in [0.25, 0.3) is 0 Å². The molecule has 0 amide bonds. The van der Waals surface area contributed by atoms with Gasteiger partial charge in [-0.1, -0.05) is 286 Å². The Hall–Kier alpha value is -3.41. The minimum Gasteiger partial charge on any atom is -0.462 e. The second kappa shape index (κ2) is 63.1. The van der Waals surface area contributed by atoms with Crippen LogP contribution in [0.15, 0.2) is 85.1 Å². The number of unbranched alkanes of at least 4 members (excludes halogenated alkanes) is 33. The number of allylic oxidation sites excluding steroid dienone is 14. The highest BCUT2D eigenvalue weighted by molar-refractivity contribution is 5.71. The number of hydrogen-bond donors (Lipinski definition) is 0. The fourth-order valence-electron chi connectivity index (χ4n) is 9.09. The van der Waals surface area contributed by atoms with E-state index in [0.29, 0.717) is 19.3 Å². The molecule has 0 aliphatic carbocycles. The van der Waals surface area contributed by atoms with E-state index in [1.54, 1.807) is 0 Å². The quantitative estimate of drug-likeness (QED) is 0.0261. The van der Waals surface area contributed by atoms with Gasteiger partial charge in [0.05, 0.1) is 0 Å². The fourth-order valence-corrected chi connectivity index (χ4v) is 9.09. The Labute approximate surface area is 465 Å². The molecular formula is C69H120O6. The Morgan fingerprint density at radius 3 is 0.813 bits per heavy atom. The zero-order chi connectivity index (χ0) is 54.3. The summed E-state index contributed by atoms with van der Waals surface area (Å²) in [5.74, 6) is -0.889. The van der Waals surface area contributed by atoms with E-state index in [9.17, 15) is 14.4 Å². The van der Waals surface area contributed by atoms with Crippen LogP contribution in [0.4, 0.5) is 0 Å². The van der Waals surface area contributed by atoms with Gasteiger partial charge in [0.2, 0.25) is 0 Å². The SMILES string of the molecule is CC/C=C\C/C=C\C/C=C\C/C=C\CCCCCCCCCCC(=O)OCC(COC(=O)CCCCCCCCCCCCCCCCC)OC(=O)CCCCCCCC/C=C\C/C=C\C/C=C\CCCCCCC. The lowest BCUT2D eigenvalue weighted by atomic mass is 10.0. The van der Waals surface area contributed by atoms with E-state index >= 15 is 0 Å². The lowest BCUT2D eigenvalue weighted by Crippen LogP contribution is -2.30. The van der Waals surface area contributed by atoms with Crippen molar-refractivity contribution in [3.05, 3.63) is 85.1 Å². The predicted molar refractivity (Wildman–Crippen MR) is 325 cm³/mol. The molecule has 0 aromatic rings. The lowest BCUT2D eigenvalue weighted by molar-refractivity contribution is -0.167. The van der Waals surface area contributed by atoms with Crippen molar-refractivity contribution in [2.75, 3.05) is 13.2 Å². The molecule has 6 heteroatoms. The van der Waals surface area contributed by atoms with Crippen LogP contribution in [-0.4, -0.2) is 37.2 Å². The molecule has 0 aromatic heterocycles.